The molecule has 0 radical (unpaired) electrons. The molecule has 7 heteroatoms. The van der Waals surface area contributed by atoms with Crippen LogP contribution in [0.2, 0.25) is 0 Å². The lowest BCUT2D eigenvalue weighted by atomic mass is 10.1. The molecule has 0 rings (SSSR count). The molecule has 0 fully saturated rings. The molecule has 0 aliphatic heterocycles. The number of nitrogens with zero attached hydrogens (tertiary/aromatic N) is 1. The molecule has 234 valence electrons. The van der Waals surface area contributed by atoms with Gasteiger partial charge in [0.2, 0.25) is 0 Å². The molecule has 0 aliphatic carbocycles. The second-order valence-electron chi connectivity index (χ2n) is 12.2. The maximum absolute atomic E-state index is 12.9. The summed E-state index contributed by atoms with van der Waals surface area (Å²) in [6.45, 7) is 5.44. The highest BCUT2D eigenvalue weighted by Crippen LogP contribution is 2.51. The van der Waals surface area contributed by atoms with Crippen molar-refractivity contribution in [2.75, 3.05) is 48.1 Å². The zero-order valence-electron chi connectivity index (χ0n) is 26.8. The molecule has 0 bridgehead atoms. The first-order chi connectivity index (χ1) is 18.7. The number of hydrogen-bond acceptors (Lipinski definition) is 4. The standard InChI is InChI=1S/C32H66NO5P/c1-7-9-10-11-12-13-14-15-16-17-18-19-20-21-22-23-24-25-26-28-37-29-31(36-6)30-38-39(34,35)32(27-8-2)33(3,4)5/h17-18,31-32H,7-16,19-30H2,1-6H3/p+1/b18-17-/t31-,32?/m1/s1. The summed E-state index contributed by atoms with van der Waals surface area (Å²) >= 11 is 0. The molecule has 0 amide bonds. The second-order valence-corrected chi connectivity index (χ2v) is 14.2. The Hall–Kier alpha value is -0.230. The van der Waals surface area contributed by atoms with Crippen molar-refractivity contribution in [3.63, 3.8) is 0 Å². The van der Waals surface area contributed by atoms with Gasteiger partial charge < -0.3 is 23.4 Å². The van der Waals surface area contributed by atoms with Crippen molar-refractivity contribution in [1.29, 1.82) is 0 Å². The first-order valence-electron chi connectivity index (χ1n) is 16.2. The van der Waals surface area contributed by atoms with Crippen molar-refractivity contribution in [1.82, 2.24) is 0 Å². The molecule has 0 aromatic rings. The van der Waals surface area contributed by atoms with Crippen LogP contribution in [0.25, 0.3) is 0 Å². The quantitative estimate of drug-likeness (QED) is 0.0416. The van der Waals surface area contributed by atoms with Crippen molar-refractivity contribution < 1.29 is 27.9 Å². The van der Waals surface area contributed by atoms with Crippen LogP contribution in [-0.2, 0) is 18.6 Å². The molecule has 0 aromatic heterocycles. The summed E-state index contributed by atoms with van der Waals surface area (Å²) < 4.78 is 30.0. The van der Waals surface area contributed by atoms with Gasteiger partial charge >= 0.3 is 7.60 Å². The van der Waals surface area contributed by atoms with Crippen molar-refractivity contribution in [3.05, 3.63) is 12.2 Å². The Morgan fingerprint density at radius 2 is 1.21 bits per heavy atom. The minimum atomic E-state index is -3.76. The van der Waals surface area contributed by atoms with Gasteiger partial charge in [-0.1, -0.05) is 103 Å². The van der Waals surface area contributed by atoms with E-state index in [-0.39, 0.29) is 12.7 Å². The number of allylic oxidation sites excluding steroid dienone is 2. The van der Waals surface area contributed by atoms with Crippen molar-refractivity contribution in [3.8, 4) is 0 Å². The highest BCUT2D eigenvalue weighted by atomic mass is 31.2. The number of unbranched alkanes of at least 4 members (excludes halogenated alkanes) is 15. The van der Waals surface area contributed by atoms with E-state index in [2.05, 4.69) is 19.1 Å². The van der Waals surface area contributed by atoms with Crippen LogP contribution in [0.1, 0.15) is 136 Å². The lowest BCUT2D eigenvalue weighted by Gasteiger charge is -2.36. The molecule has 0 spiro atoms. The third kappa shape index (κ3) is 23.1. The summed E-state index contributed by atoms with van der Waals surface area (Å²) in [6.07, 6.45) is 28.3. The van der Waals surface area contributed by atoms with E-state index < -0.39 is 13.4 Å². The first-order valence-corrected chi connectivity index (χ1v) is 17.9. The number of hydrogen-bond donors (Lipinski definition) is 1. The Balaban J connectivity index is 3.66. The lowest BCUT2D eigenvalue weighted by Crippen LogP contribution is -2.45. The number of rotatable bonds is 29. The molecule has 0 heterocycles. The van der Waals surface area contributed by atoms with E-state index in [4.69, 9.17) is 14.0 Å². The maximum Gasteiger partial charge on any atom is 0.385 e. The van der Waals surface area contributed by atoms with Crippen LogP contribution in [0.3, 0.4) is 0 Å². The zero-order chi connectivity index (χ0) is 29.2. The van der Waals surface area contributed by atoms with Crippen LogP contribution in [0.15, 0.2) is 12.2 Å². The third-order valence-electron chi connectivity index (χ3n) is 7.45. The van der Waals surface area contributed by atoms with Gasteiger partial charge in [-0.25, -0.2) is 0 Å². The third-order valence-corrected chi connectivity index (χ3v) is 9.67. The van der Waals surface area contributed by atoms with E-state index in [0.29, 0.717) is 24.1 Å². The molecule has 2 unspecified atom stereocenters. The SMILES string of the molecule is CCCCCCCCCC/C=C\CCCCCCCCCOC[C@H](COP(=O)(O)C(CCC)[N+](C)(C)C)OC. The number of methoxy groups -OCH3 is 1. The van der Waals surface area contributed by atoms with Gasteiger partial charge in [0.25, 0.3) is 0 Å². The Bertz CT molecular complexity index is 608. The molecule has 3 atom stereocenters. The Morgan fingerprint density at radius 3 is 1.67 bits per heavy atom. The van der Waals surface area contributed by atoms with Gasteiger partial charge in [0.15, 0.2) is 5.78 Å². The van der Waals surface area contributed by atoms with Crippen LogP contribution in [0.5, 0.6) is 0 Å². The van der Waals surface area contributed by atoms with Crippen molar-refractivity contribution in [2.45, 2.75) is 148 Å². The number of ether oxygens (including phenoxy) is 2. The predicted molar refractivity (Wildman–Crippen MR) is 167 cm³/mol. The molecule has 0 saturated heterocycles. The highest BCUT2D eigenvalue weighted by molar-refractivity contribution is 7.53. The van der Waals surface area contributed by atoms with E-state index >= 15 is 0 Å². The molecular weight excluding hydrogens is 509 g/mol. The Kier molecular flexibility index (Phi) is 25.3. The van der Waals surface area contributed by atoms with Crippen LogP contribution < -0.4 is 0 Å². The fourth-order valence-electron chi connectivity index (χ4n) is 4.90. The van der Waals surface area contributed by atoms with Gasteiger partial charge in [0.1, 0.15) is 6.10 Å². The minimum absolute atomic E-state index is 0.0683. The summed E-state index contributed by atoms with van der Waals surface area (Å²) in [7, 11) is 3.63. The molecule has 6 nitrogen and oxygen atoms in total. The van der Waals surface area contributed by atoms with E-state index in [1.807, 2.05) is 28.1 Å². The average Bonchev–Trinajstić information content (AvgIpc) is 2.89. The van der Waals surface area contributed by atoms with Crippen molar-refractivity contribution >= 4 is 7.60 Å². The first kappa shape index (κ1) is 38.8. The van der Waals surface area contributed by atoms with E-state index in [1.165, 1.54) is 103 Å². The van der Waals surface area contributed by atoms with Gasteiger partial charge in [-0.3, -0.25) is 4.57 Å². The topological polar surface area (TPSA) is 65.0 Å². The van der Waals surface area contributed by atoms with Gasteiger partial charge in [-0.05, 0) is 38.5 Å². The largest absolute Gasteiger partial charge is 0.385 e. The maximum atomic E-state index is 12.9. The summed E-state index contributed by atoms with van der Waals surface area (Å²) in [5.41, 5.74) is 0. The minimum Gasteiger partial charge on any atom is -0.379 e. The van der Waals surface area contributed by atoms with Crippen LogP contribution in [0.4, 0.5) is 0 Å². The molecular formula is C32H67NO5P+. The van der Waals surface area contributed by atoms with E-state index in [1.54, 1.807) is 7.11 Å². The fraction of sp³-hybridized carbons (Fsp3) is 0.938. The van der Waals surface area contributed by atoms with Crippen LogP contribution in [0, 0.1) is 0 Å². The molecule has 39 heavy (non-hydrogen) atoms. The summed E-state index contributed by atoms with van der Waals surface area (Å²) in [5.74, 6) is -0.443. The number of quaternary nitrogens is 1. The Labute approximate surface area is 243 Å². The second kappa shape index (κ2) is 25.5. The molecule has 0 aliphatic rings. The monoisotopic (exact) mass is 576 g/mol. The van der Waals surface area contributed by atoms with E-state index in [0.717, 1.165) is 12.8 Å². The average molecular weight is 577 g/mol. The van der Waals surface area contributed by atoms with Gasteiger partial charge in [0.05, 0.1) is 34.4 Å². The molecule has 1 N–H and O–H groups in total. The van der Waals surface area contributed by atoms with Gasteiger partial charge in [-0.2, -0.15) is 0 Å². The summed E-state index contributed by atoms with van der Waals surface area (Å²) in [4.78, 5) is 10.5. The van der Waals surface area contributed by atoms with Gasteiger partial charge in [-0.15, -0.1) is 0 Å². The van der Waals surface area contributed by atoms with Crippen LogP contribution >= 0.6 is 7.60 Å². The Morgan fingerprint density at radius 1 is 0.718 bits per heavy atom. The highest BCUT2D eigenvalue weighted by Gasteiger charge is 2.42. The molecule has 0 aromatic carbocycles. The van der Waals surface area contributed by atoms with Gasteiger partial charge in [0, 0.05) is 20.1 Å². The normalized spacial score (nSPS) is 15.6. The summed E-state index contributed by atoms with van der Waals surface area (Å²) in [5, 5.41) is 0. The predicted octanol–water partition coefficient (Wildman–Crippen LogP) is 9.26. The smallest absolute Gasteiger partial charge is 0.379 e. The lowest BCUT2D eigenvalue weighted by molar-refractivity contribution is -0.883. The summed E-state index contributed by atoms with van der Waals surface area (Å²) in [6, 6.07) is 0. The zero-order valence-corrected chi connectivity index (χ0v) is 27.7. The van der Waals surface area contributed by atoms with Crippen molar-refractivity contribution in [2.24, 2.45) is 0 Å². The molecule has 0 saturated carbocycles. The van der Waals surface area contributed by atoms with Crippen LogP contribution in [-0.4, -0.2) is 69.3 Å². The van der Waals surface area contributed by atoms with E-state index in [9.17, 15) is 9.46 Å². The fourth-order valence-corrected chi connectivity index (χ4v) is 6.92.